The van der Waals surface area contributed by atoms with E-state index in [-0.39, 0.29) is 0 Å². The van der Waals surface area contributed by atoms with E-state index in [9.17, 15) is 0 Å². The van der Waals surface area contributed by atoms with Gasteiger partial charge in [0, 0.05) is 6.54 Å². The van der Waals surface area contributed by atoms with Gasteiger partial charge >= 0.3 is 0 Å². The molecule has 2 aliphatic carbocycles. The van der Waals surface area contributed by atoms with Crippen LogP contribution in [0.1, 0.15) is 18.9 Å². The molecule has 0 aromatic heterocycles. The number of rotatable bonds is 6. The Morgan fingerprint density at radius 2 is 1.67 bits per heavy atom. The minimum Gasteiger partial charge on any atom is -0.491 e. The lowest BCUT2D eigenvalue weighted by molar-refractivity contribution is 0.313. The SMILES string of the molecule is C#Cc1ccccc1OCCNCCC.c1cc2ccc1-2. The second-order valence-electron chi connectivity index (χ2n) is 4.82. The molecule has 0 unspecified atom stereocenters. The Morgan fingerprint density at radius 3 is 2.19 bits per heavy atom. The van der Waals surface area contributed by atoms with Gasteiger partial charge in [-0.3, -0.25) is 0 Å². The number of hydrogen-bond donors (Lipinski definition) is 1. The Kier molecular flexibility index (Phi) is 5.87. The van der Waals surface area contributed by atoms with Crippen molar-refractivity contribution < 1.29 is 4.74 Å². The molecular weight excluding hydrogens is 258 g/mol. The molecule has 0 spiro atoms. The monoisotopic (exact) mass is 279 g/mol. The van der Waals surface area contributed by atoms with Gasteiger partial charge in [0.15, 0.2) is 0 Å². The fourth-order valence-electron chi connectivity index (χ4n) is 1.91. The molecule has 0 aliphatic heterocycles. The van der Waals surface area contributed by atoms with E-state index in [1.165, 1.54) is 11.1 Å². The lowest BCUT2D eigenvalue weighted by Gasteiger charge is -2.10. The van der Waals surface area contributed by atoms with Crippen molar-refractivity contribution in [1.29, 1.82) is 0 Å². The molecule has 0 atom stereocenters. The molecule has 0 fully saturated rings. The standard InChI is InChI=1S/C13H17NO.C6H4/c1-3-9-14-10-11-15-13-8-6-5-7-12(13)4-2;1-2-6-4-3-5(1)6/h2,5-8,14H,3,9-11H2,1H3;1-4H. The highest BCUT2D eigenvalue weighted by molar-refractivity contribution is 5.75. The van der Waals surface area contributed by atoms with Crippen LogP contribution < -0.4 is 10.1 Å². The van der Waals surface area contributed by atoms with Crippen LogP contribution in [-0.4, -0.2) is 19.7 Å². The van der Waals surface area contributed by atoms with E-state index < -0.39 is 0 Å². The van der Waals surface area contributed by atoms with Crippen molar-refractivity contribution in [3.05, 3.63) is 54.1 Å². The molecule has 0 radical (unpaired) electrons. The third-order valence-corrected chi connectivity index (χ3v) is 3.22. The molecular formula is C19H21NO. The number of ether oxygens (including phenoxy) is 1. The zero-order valence-electron chi connectivity index (χ0n) is 12.4. The minimum absolute atomic E-state index is 0.651. The second-order valence-corrected chi connectivity index (χ2v) is 4.82. The van der Waals surface area contributed by atoms with Crippen molar-refractivity contribution in [2.75, 3.05) is 19.7 Å². The molecule has 21 heavy (non-hydrogen) atoms. The molecule has 2 heteroatoms. The predicted molar refractivity (Wildman–Crippen MR) is 88.5 cm³/mol. The lowest BCUT2D eigenvalue weighted by Crippen LogP contribution is -2.21. The number of fused-ring (bicyclic) bond motifs is 1. The second kappa shape index (κ2) is 8.14. The van der Waals surface area contributed by atoms with Gasteiger partial charge in [-0.15, -0.1) is 6.42 Å². The molecule has 108 valence electrons. The number of benzene rings is 2. The highest BCUT2D eigenvalue weighted by atomic mass is 16.5. The summed E-state index contributed by atoms with van der Waals surface area (Å²) < 4.78 is 5.57. The van der Waals surface area contributed by atoms with Gasteiger partial charge in [0.2, 0.25) is 0 Å². The van der Waals surface area contributed by atoms with Gasteiger partial charge in [0.25, 0.3) is 0 Å². The summed E-state index contributed by atoms with van der Waals surface area (Å²) in [6.07, 6.45) is 6.50. The van der Waals surface area contributed by atoms with Crippen LogP contribution in [0.5, 0.6) is 5.75 Å². The minimum atomic E-state index is 0.651. The molecule has 0 bridgehead atoms. The van der Waals surface area contributed by atoms with Gasteiger partial charge in [-0.2, -0.15) is 0 Å². The van der Waals surface area contributed by atoms with Gasteiger partial charge in [-0.25, -0.2) is 0 Å². The maximum absolute atomic E-state index is 5.57. The smallest absolute Gasteiger partial charge is 0.134 e. The summed E-state index contributed by atoms with van der Waals surface area (Å²) in [7, 11) is 0. The van der Waals surface area contributed by atoms with Gasteiger partial charge in [-0.1, -0.05) is 49.2 Å². The summed E-state index contributed by atoms with van der Waals surface area (Å²) in [4.78, 5) is 0. The van der Waals surface area contributed by atoms with Gasteiger partial charge in [-0.05, 0) is 36.2 Å². The Hall–Kier alpha value is -2.24. The van der Waals surface area contributed by atoms with Gasteiger partial charge < -0.3 is 10.1 Å². The van der Waals surface area contributed by atoms with E-state index in [2.05, 4.69) is 42.4 Å². The third-order valence-electron chi connectivity index (χ3n) is 3.22. The van der Waals surface area contributed by atoms with Crippen molar-refractivity contribution in [2.45, 2.75) is 13.3 Å². The third kappa shape index (κ3) is 4.37. The number of hydrogen-bond acceptors (Lipinski definition) is 2. The first-order valence-corrected chi connectivity index (χ1v) is 7.34. The zero-order valence-corrected chi connectivity index (χ0v) is 12.4. The molecule has 1 N–H and O–H groups in total. The normalized spacial score (nSPS) is 10.1. The first-order valence-electron chi connectivity index (χ1n) is 7.34. The number of nitrogens with one attached hydrogen (secondary N) is 1. The molecule has 1 aromatic rings. The summed E-state index contributed by atoms with van der Waals surface area (Å²) >= 11 is 0. The van der Waals surface area contributed by atoms with Crippen LogP contribution in [-0.2, 0) is 0 Å². The maximum atomic E-state index is 5.57. The Bertz CT molecular complexity index is 575. The van der Waals surface area contributed by atoms with Crippen LogP contribution in [0, 0.1) is 12.3 Å². The number of terminal acetylenes is 1. The van der Waals surface area contributed by atoms with Crippen molar-refractivity contribution in [3.8, 4) is 29.2 Å². The van der Waals surface area contributed by atoms with E-state index in [1.54, 1.807) is 0 Å². The Labute approximate surface area is 127 Å². The van der Waals surface area contributed by atoms with E-state index in [0.29, 0.717) is 6.61 Å². The van der Waals surface area contributed by atoms with Crippen LogP contribution >= 0.6 is 0 Å². The molecule has 2 aliphatic rings. The topological polar surface area (TPSA) is 21.3 Å². The lowest BCUT2D eigenvalue weighted by atomic mass is 9.95. The first-order chi connectivity index (χ1) is 10.3. The molecule has 0 saturated carbocycles. The quantitative estimate of drug-likeness (QED) is 0.548. The molecule has 1 aromatic carbocycles. The van der Waals surface area contributed by atoms with Crippen molar-refractivity contribution in [3.63, 3.8) is 0 Å². The molecule has 0 heterocycles. The summed E-state index contributed by atoms with van der Waals surface area (Å²) in [5, 5.41) is 3.27. The molecule has 0 amide bonds. The fourth-order valence-corrected chi connectivity index (χ4v) is 1.91. The summed E-state index contributed by atoms with van der Waals surface area (Å²) in [5.41, 5.74) is 3.66. The summed E-state index contributed by atoms with van der Waals surface area (Å²) in [6.45, 7) is 4.67. The van der Waals surface area contributed by atoms with E-state index in [1.807, 2.05) is 24.3 Å². The van der Waals surface area contributed by atoms with Crippen LogP contribution in [0.3, 0.4) is 0 Å². The van der Waals surface area contributed by atoms with E-state index in [0.717, 1.165) is 30.8 Å². The first kappa shape index (κ1) is 15.2. The van der Waals surface area contributed by atoms with Crippen LogP contribution in [0.15, 0.2) is 48.5 Å². The van der Waals surface area contributed by atoms with E-state index in [4.69, 9.17) is 11.2 Å². The summed E-state index contributed by atoms with van der Waals surface area (Å²) in [6, 6.07) is 16.1. The van der Waals surface area contributed by atoms with Crippen molar-refractivity contribution in [2.24, 2.45) is 0 Å². The zero-order chi connectivity index (χ0) is 14.9. The fraction of sp³-hybridized carbons (Fsp3) is 0.263. The molecule has 0 saturated heterocycles. The summed E-state index contributed by atoms with van der Waals surface area (Å²) in [5.74, 6) is 3.39. The Balaban J connectivity index is 0.000000218. The predicted octanol–water partition coefficient (Wildman–Crippen LogP) is 3.71. The average molecular weight is 279 g/mol. The van der Waals surface area contributed by atoms with Crippen LogP contribution in [0.2, 0.25) is 0 Å². The Morgan fingerprint density at radius 1 is 1.00 bits per heavy atom. The van der Waals surface area contributed by atoms with Crippen LogP contribution in [0.4, 0.5) is 0 Å². The van der Waals surface area contributed by atoms with Crippen LogP contribution in [0.25, 0.3) is 11.1 Å². The largest absolute Gasteiger partial charge is 0.491 e. The maximum Gasteiger partial charge on any atom is 0.134 e. The highest BCUT2D eigenvalue weighted by Gasteiger charge is 2.04. The van der Waals surface area contributed by atoms with Gasteiger partial charge in [0.05, 0.1) is 5.56 Å². The number of para-hydroxylation sites is 1. The van der Waals surface area contributed by atoms with Gasteiger partial charge in [0.1, 0.15) is 12.4 Å². The van der Waals surface area contributed by atoms with E-state index >= 15 is 0 Å². The average Bonchev–Trinajstić information content (AvgIpc) is 2.51. The van der Waals surface area contributed by atoms with Crippen molar-refractivity contribution in [1.82, 2.24) is 5.32 Å². The molecule has 2 nitrogen and oxygen atoms in total. The molecule has 3 rings (SSSR count). The highest BCUT2D eigenvalue weighted by Crippen LogP contribution is 2.29. The van der Waals surface area contributed by atoms with Crippen molar-refractivity contribution >= 4 is 0 Å².